The van der Waals surface area contributed by atoms with Crippen molar-refractivity contribution in [1.29, 1.82) is 0 Å². The maximum Gasteiger partial charge on any atom is 0.228 e. The summed E-state index contributed by atoms with van der Waals surface area (Å²) in [4.78, 5) is 17.9. The van der Waals surface area contributed by atoms with Gasteiger partial charge in [0.1, 0.15) is 17.3 Å². The molecule has 4 aromatic rings. The molecule has 6 heteroatoms. The van der Waals surface area contributed by atoms with E-state index in [1.54, 1.807) is 25.8 Å². The minimum absolute atomic E-state index is 0.267. The highest BCUT2D eigenvalue weighted by molar-refractivity contribution is 6.07. The van der Waals surface area contributed by atoms with Crippen molar-refractivity contribution in [2.24, 2.45) is 7.05 Å². The summed E-state index contributed by atoms with van der Waals surface area (Å²) in [5.41, 5.74) is 3.57. The summed E-state index contributed by atoms with van der Waals surface area (Å²) in [5.74, 6) is 1.06. The molecule has 0 saturated heterocycles. The van der Waals surface area contributed by atoms with Crippen molar-refractivity contribution >= 4 is 5.78 Å². The molecule has 1 aromatic heterocycles. The zero-order chi connectivity index (χ0) is 22.0. The summed E-state index contributed by atoms with van der Waals surface area (Å²) in [5, 5.41) is 0. The fourth-order valence-electron chi connectivity index (χ4n) is 3.46. The second-order valence-corrected chi connectivity index (χ2v) is 6.98. The van der Waals surface area contributed by atoms with E-state index >= 15 is 0 Å². The highest BCUT2D eigenvalue weighted by Gasteiger charge is 2.23. The number of carbonyl (C=O) groups is 1. The average molecular weight is 416 g/mol. The molecule has 0 radical (unpaired) electrons. The minimum atomic E-state index is -0.394. The Morgan fingerprint density at radius 1 is 0.806 bits per heavy atom. The minimum Gasteiger partial charge on any atom is -0.497 e. The molecular formula is C25H21FN2O3. The molecule has 0 fully saturated rings. The van der Waals surface area contributed by atoms with E-state index in [1.807, 2.05) is 48.5 Å². The molecule has 0 aliphatic carbocycles. The van der Waals surface area contributed by atoms with Crippen molar-refractivity contribution < 1.29 is 18.7 Å². The van der Waals surface area contributed by atoms with Gasteiger partial charge in [-0.25, -0.2) is 9.37 Å². The number of halogens is 1. The summed E-state index contributed by atoms with van der Waals surface area (Å²) in [6.07, 6.45) is 0. The van der Waals surface area contributed by atoms with Crippen LogP contribution in [0.1, 0.15) is 16.2 Å². The lowest BCUT2D eigenvalue weighted by atomic mass is 10.0. The van der Waals surface area contributed by atoms with E-state index in [0.29, 0.717) is 11.3 Å². The van der Waals surface area contributed by atoms with Gasteiger partial charge in [0.15, 0.2) is 5.82 Å². The molecule has 0 aliphatic heterocycles. The Balaban J connectivity index is 1.87. The molecule has 5 nitrogen and oxygen atoms in total. The Morgan fingerprint density at radius 2 is 1.32 bits per heavy atom. The molecule has 0 spiro atoms. The molecule has 0 atom stereocenters. The van der Waals surface area contributed by atoms with E-state index in [9.17, 15) is 9.18 Å². The van der Waals surface area contributed by atoms with Gasteiger partial charge in [-0.2, -0.15) is 0 Å². The van der Waals surface area contributed by atoms with Crippen LogP contribution < -0.4 is 9.47 Å². The van der Waals surface area contributed by atoms with E-state index in [2.05, 4.69) is 0 Å². The molecule has 0 bridgehead atoms. The SMILES string of the molecule is COc1ccc(-c2nc(C(=O)c3ccc(F)cc3)n(C)c2-c2ccc(OC)cc2)cc1. The first-order valence-electron chi connectivity index (χ1n) is 9.67. The van der Waals surface area contributed by atoms with Gasteiger partial charge in [0.05, 0.1) is 25.6 Å². The zero-order valence-corrected chi connectivity index (χ0v) is 17.4. The molecular weight excluding hydrogens is 395 g/mol. The van der Waals surface area contributed by atoms with Crippen molar-refractivity contribution in [1.82, 2.24) is 9.55 Å². The Kier molecular flexibility index (Phi) is 5.54. The molecule has 4 rings (SSSR count). The van der Waals surface area contributed by atoms with Crippen LogP contribution in [0.15, 0.2) is 72.8 Å². The standard InChI is InChI=1S/C25H21FN2O3/c1-28-23(17-8-14-21(31-3)15-9-17)22(16-6-12-20(30-2)13-7-16)27-25(28)24(29)18-4-10-19(26)11-5-18/h4-15H,1-3H3. The van der Waals surface area contributed by atoms with E-state index in [0.717, 1.165) is 28.3 Å². The Morgan fingerprint density at radius 3 is 1.84 bits per heavy atom. The van der Waals surface area contributed by atoms with E-state index in [4.69, 9.17) is 14.5 Å². The predicted octanol–water partition coefficient (Wildman–Crippen LogP) is 5.14. The summed E-state index contributed by atoms with van der Waals surface area (Å²) in [6.45, 7) is 0. The van der Waals surface area contributed by atoms with Gasteiger partial charge in [-0.3, -0.25) is 4.79 Å². The third kappa shape index (κ3) is 3.92. The molecule has 0 N–H and O–H groups in total. The van der Waals surface area contributed by atoms with Crippen molar-refractivity contribution in [3.8, 4) is 34.0 Å². The first-order valence-corrected chi connectivity index (χ1v) is 9.67. The van der Waals surface area contributed by atoms with Crippen LogP contribution in [0.5, 0.6) is 11.5 Å². The number of carbonyl (C=O) groups excluding carboxylic acids is 1. The Bertz CT molecular complexity index is 1210. The van der Waals surface area contributed by atoms with E-state index in [-0.39, 0.29) is 11.6 Å². The van der Waals surface area contributed by atoms with Crippen molar-refractivity contribution in [3.05, 3.63) is 90.0 Å². The Labute approximate surface area is 179 Å². The number of hydrogen-bond acceptors (Lipinski definition) is 4. The van der Waals surface area contributed by atoms with Crippen molar-refractivity contribution in [3.63, 3.8) is 0 Å². The molecule has 0 unspecified atom stereocenters. The number of nitrogens with zero attached hydrogens (tertiary/aromatic N) is 2. The van der Waals surface area contributed by atoms with E-state index in [1.165, 1.54) is 24.3 Å². The number of hydrogen-bond donors (Lipinski definition) is 0. The Hall–Kier alpha value is -3.93. The lowest BCUT2D eigenvalue weighted by molar-refractivity contribution is 0.102. The smallest absolute Gasteiger partial charge is 0.228 e. The lowest BCUT2D eigenvalue weighted by Gasteiger charge is -2.09. The molecule has 156 valence electrons. The van der Waals surface area contributed by atoms with Crippen LogP contribution in [0.3, 0.4) is 0 Å². The third-order valence-electron chi connectivity index (χ3n) is 5.13. The summed E-state index contributed by atoms with van der Waals surface area (Å²) < 4.78 is 25.6. The molecule has 3 aromatic carbocycles. The highest BCUT2D eigenvalue weighted by atomic mass is 19.1. The molecule has 1 heterocycles. The maximum atomic E-state index is 13.3. The highest BCUT2D eigenvalue weighted by Crippen LogP contribution is 2.34. The van der Waals surface area contributed by atoms with Gasteiger partial charge in [0, 0.05) is 23.7 Å². The van der Waals surface area contributed by atoms with Gasteiger partial charge in [-0.15, -0.1) is 0 Å². The van der Waals surface area contributed by atoms with Gasteiger partial charge in [-0.05, 0) is 72.8 Å². The number of imidazole rings is 1. The van der Waals surface area contributed by atoms with Gasteiger partial charge < -0.3 is 14.0 Å². The van der Waals surface area contributed by atoms with Crippen molar-refractivity contribution in [2.75, 3.05) is 14.2 Å². The maximum absolute atomic E-state index is 13.3. The van der Waals surface area contributed by atoms with Gasteiger partial charge in [0.2, 0.25) is 5.78 Å². The van der Waals surface area contributed by atoms with Gasteiger partial charge >= 0.3 is 0 Å². The van der Waals surface area contributed by atoms with Gasteiger partial charge in [-0.1, -0.05) is 0 Å². The lowest BCUT2D eigenvalue weighted by Crippen LogP contribution is -2.09. The van der Waals surface area contributed by atoms with Crippen LogP contribution in [0, 0.1) is 5.82 Å². The second-order valence-electron chi connectivity index (χ2n) is 6.98. The van der Waals surface area contributed by atoms with Crippen LogP contribution in [-0.4, -0.2) is 29.6 Å². The predicted molar refractivity (Wildman–Crippen MR) is 117 cm³/mol. The van der Waals surface area contributed by atoms with Gasteiger partial charge in [0.25, 0.3) is 0 Å². The molecule has 0 amide bonds. The monoisotopic (exact) mass is 416 g/mol. The molecule has 31 heavy (non-hydrogen) atoms. The van der Waals surface area contributed by atoms with Crippen molar-refractivity contribution in [2.45, 2.75) is 0 Å². The topological polar surface area (TPSA) is 53.3 Å². The normalized spacial score (nSPS) is 10.7. The first kappa shape index (κ1) is 20.3. The fourth-order valence-corrected chi connectivity index (χ4v) is 3.46. The van der Waals surface area contributed by atoms with Crippen LogP contribution >= 0.6 is 0 Å². The number of ketones is 1. The molecule has 0 saturated carbocycles. The van der Waals surface area contributed by atoms with Crippen LogP contribution in [0.2, 0.25) is 0 Å². The number of rotatable bonds is 6. The quantitative estimate of drug-likeness (QED) is 0.409. The van der Waals surface area contributed by atoms with Crippen LogP contribution in [0.4, 0.5) is 4.39 Å². The van der Waals surface area contributed by atoms with E-state index < -0.39 is 5.82 Å². The first-order chi connectivity index (χ1) is 15.0. The van der Waals surface area contributed by atoms with Crippen LogP contribution in [-0.2, 0) is 7.05 Å². The largest absolute Gasteiger partial charge is 0.497 e. The average Bonchev–Trinajstić information content (AvgIpc) is 3.16. The van der Waals surface area contributed by atoms with Crippen LogP contribution in [0.25, 0.3) is 22.5 Å². The fraction of sp³-hybridized carbons (Fsp3) is 0.120. The summed E-state index contributed by atoms with van der Waals surface area (Å²) >= 11 is 0. The molecule has 0 aliphatic rings. The number of benzene rings is 3. The third-order valence-corrected chi connectivity index (χ3v) is 5.13. The number of aromatic nitrogens is 2. The number of ether oxygens (including phenoxy) is 2. The summed E-state index contributed by atoms with van der Waals surface area (Å²) in [7, 11) is 5.02. The number of methoxy groups -OCH3 is 2. The zero-order valence-electron chi connectivity index (χ0n) is 17.4. The second kappa shape index (κ2) is 8.44. The summed E-state index contributed by atoms with van der Waals surface area (Å²) in [6, 6.07) is 20.6.